The normalized spacial score (nSPS) is 36.7. The summed E-state index contributed by atoms with van der Waals surface area (Å²) in [5, 5.41) is 12.1. The van der Waals surface area contributed by atoms with Crippen LogP contribution in [0.5, 0.6) is 0 Å². The molecule has 5 atom stereocenters. The third-order valence-corrected chi connectivity index (χ3v) is 8.75. The molecular formula is C21H38N4O4S. The fourth-order valence-corrected chi connectivity index (χ4v) is 6.95. The van der Waals surface area contributed by atoms with Gasteiger partial charge in [-0.25, -0.2) is 4.94 Å². The Morgan fingerprint density at radius 3 is 2.57 bits per heavy atom. The molecule has 4 fully saturated rings. The van der Waals surface area contributed by atoms with E-state index in [0.29, 0.717) is 24.2 Å². The Kier molecular flexibility index (Phi) is 8.66. The number of nitro groups is 1. The smallest absolute Gasteiger partial charge is 0.228 e. The summed E-state index contributed by atoms with van der Waals surface area (Å²) in [7, 11) is 0. The lowest BCUT2D eigenvalue weighted by Gasteiger charge is -2.40. The number of nitrogens with one attached hydrogen (secondary N) is 2. The second kappa shape index (κ2) is 11.4. The van der Waals surface area contributed by atoms with Crippen LogP contribution in [0.15, 0.2) is 0 Å². The van der Waals surface area contributed by atoms with Gasteiger partial charge in [-0.1, -0.05) is 25.7 Å². The lowest BCUT2D eigenvalue weighted by Crippen LogP contribution is -2.52. The third-order valence-electron chi connectivity index (χ3n) is 7.45. The van der Waals surface area contributed by atoms with Gasteiger partial charge in [0.2, 0.25) is 6.04 Å². The van der Waals surface area contributed by atoms with Crippen molar-refractivity contribution in [2.75, 3.05) is 25.4 Å². The van der Waals surface area contributed by atoms with Crippen LogP contribution in [0.3, 0.4) is 0 Å². The van der Waals surface area contributed by atoms with Gasteiger partial charge in [0, 0.05) is 22.3 Å². The minimum atomic E-state index is -0.390. The highest BCUT2D eigenvalue weighted by molar-refractivity contribution is 7.99. The van der Waals surface area contributed by atoms with Gasteiger partial charge in [-0.3, -0.25) is 15.0 Å². The highest BCUT2D eigenvalue weighted by atomic mass is 32.2. The molecule has 0 radical (unpaired) electrons. The second-order valence-corrected chi connectivity index (χ2v) is 10.8. The number of likely N-dealkylation sites (tertiary alicyclic amines) is 1. The molecule has 172 valence electrons. The van der Waals surface area contributed by atoms with E-state index in [-0.39, 0.29) is 23.2 Å². The molecule has 0 aromatic rings. The van der Waals surface area contributed by atoms with Crippen LogP contribution in [0.1, 0.15) is 70.6 Å². The van der Waals surface area contributed by atoms with E-state index in [9.17, 15) is 10.1 Å². The molecule has 4 rings (SSSR count). The molecule has 0 amide bonds. The van der Waals surface area contributed by atoms with E-state index >= 15 is 0 Å². The maximum Gasteiger partial charge on any atom is 0.228 e. The zero-order valence-electron chi connectivity index (χ0n) is 18.0. The summed E-state index contributed by atoms with van der Waals surface area (Å²) >= 11 is 1.94. The van der Waals surface area contributed by atoms with Crippen LogP contribution in [-0.2, 0) is 9.68 Å². The molecule has 9 heteroatoms. The number of hydrogen-bond donors (Lipinski definition) is 2. The largest absolute Gasteiger partial charge is 0.359 e. The molecule has 8 nitrogen and oxygen atoms in total. The van der Waals surface area contributed by atoms with Crippen molar-refractivity contribution >= 4 is 11.8 Å². The van der Waals surface area contributed by atoms with Crippen molar-refractivity contribution in [3.05, 3.63) is 10.1 Å². The summed E-state index contributed by atoms with van der Waals surface area (Å²) in [6.07, 6.45) is 12.6. The van der Waals surface area contributed by atoms with E-state index in [2.05, 4.69) is 15.9 Å². The van der Waals surface area contributed by atoms with E-state index < -0.39 is 6.04 Å². The van der Waals surface area contributed by atoms with Gasteiger partial charge in [-0.05, 0) is 57.5 Å². The number of thioether (sulfide) groups is 1. The number of ether oxygens (including phenoxy) is 1. The van der Waals surface area contributed by atoms with Gasteiger partial charge in [0.1, 0.15) is 6.23 Å². The van der Waals surface area contributed by atoms with Crippen molar-refractivity contribution in [3.8, 4) is 0 Å². The van der Waals surface area contributed by atoms with Crippen molar-refractivity contribution in [1.82, 2.24) is 15.9 Å². The van der Waals surface area contributed by atoms with Gasteiger partial charge in [-0.15, -0.1) is 0 Å². The molecule has 2 saturated carbocycles. The van der Waals surface area contributed by atoms with Gasteiger partial charge in [0.25, 0.3) is 0 Å². The molecule has 0 aromatic carbocycles. The first-order valence-electron chi connectivity index (χ1n) is 12.0. The quantitative estimate of drug-likeness (QED) is 0.337. The van der Waals surface area contributed by atoms with Crippen LogP contribution in [0.4, 0.5) is 0 Å². The number of hydroxylamine groups is 2. The first-order valence-corrected chi connectivity index (χ1v) is 13.0. The van der Waals surface area contributed by atoms with E-state index in [4.69, 9.17) is 9.68 Å². The average Bonchev–Trinajstić information content (AvgIpc) is 3.26. The Morgan fingerprint density at radius 2 is 1.80 bits per heavy atom. The Morgan fingerprint density at radius 1 is 1.03 bits per heavy atom. The number of rotatable bonds is 8. The van der Waals surface area contributed by atoms with Crippen LogP contribution in [0, 0.1) is 16.0 Å². The number of nitrogens with zero attached hydrogens (tertiary/aromatic N) is 2. The minimum absolute atomic E-state index is 0.0204. The second-order valence-electron chi connectivity index (χ2n) is 9.38. The van der Waals surface area contributed by atoms with Crippen molar-refractivity contribution in [3.63, 3.8) is 0 Å². The monoisotopic (exact) mass is 442 g/mol. The molecule has 2 heterocycles. The first kappa shape index (κ1) is 22.7. The molecule has 5 unspecified atom stereocenters. The molecule has 4 aliphatic rings. The molecule has 2 N–H and O–H groups in total. The molecule has 2 aliphatic carbocycles. The highest BCUT2D eigenvalue weighted by Crippen LogP contribution is 2.34. The minimum Gasteiger partial charge on any atom is -0.359 e. The Bertz CT molecular complexity index is 545. The highest BCUT2D eigenvalue weighted by Gasteiger charge is 2.42. The summed E-state index contributed by atoms with van der Waals surface area (Å²) in [4.78, 5) is 19.3. The van der Waals surface area contributed by atoms with Gasteiger partial charge in [0.05, 0.1) is 18.7 Å². The Balaban J connectivity index is 1.20. The van der Waals surface area contributed by atoms with Crippen molar-refractivity contribution in [1.29, 1.82) is 0 Å². The number of piperidine rings is 1. The van der Waals surface area contributed by atoms with Crippen LogP contribution >= 0.6 is 11.8 Å². The lowest BCUT2D eigenvalue weighted by molar-refractivity contribution is -0.533. The molecule has 0 bridgehead atoms. The number of hydrogen-bond acceptors (Lipinski definition) is 8. The average molecular weight is 443 g/mol. The molecular weight excluding hydrogens is 404 g/mol. The maximum atomic E-state index is 11.6. The van der Waals surface area contributed by atoms with Gasteiger partial charge >= 0.3 is 0 Å². The predicted molar refractivity (Wildman–Crippen MR) is 118 cm³/mol. The Labute approximate surface area is 184 Å². The molecule has 2 aliphatic heterocycles. The van der Waals surface area contributed by atoms with Gasteiger partial charge in [-0.2, -0.15) is 22.7 Å². The van der Waals surface area contributed by atoms with E-state index in [1.54, 1.807) is 0 Å². The topological polar surface area (TPSA) is 88.9 Å². The molecule has 0 aromatic heterocycles. The maximum absolute atomic E-state index is 11.6. The van der Waals surface area contributed by atoms with Crippen LogP contribution in [0.25, 0.3) is 0 Å². The van der Waals surface area contributed by atoms with Crippen LogP contribution < -0.4 is 11.0 Å². The van der Waals surface area contributed by atoms with E-state index in [1.165, 1.54) is 51.4 Å². The Hall–Kier alpha value is -0.450. The van der Waals surface area contributed by atoms with Crippen molar-refractivity contribution < 1.29 is 14.6 Å². The summed E-state index contributed by atoms with van der Waals surface area (Å²) in [6.45, 7) is 2.73. The zero-order valence-corrected chi connectivity index (χ0v) is 18.8. The standard InChI is InChI=1S/C21H38N4O4S/c26-25(27)18-10-9-17(15-19(18)24-11-5-2-6-12-24)30-14-13-28-21-20(22-29-23-21)16-7-3-1-4-8-16/h16-23H,1-15H2. The summed E-state index contributed by atoms with van der Waals surface area (Å²) in [5.41, 5.74) is 6.10. The van der Waals surface area contributed by atoms with E-state index in [1.807, 2.05) is 11.8 Å². The first-order chi connectivity index (χ1) is 14.7. The summed E-state index contributed by atoms with van der Waals surface area (Å²) in [5.74, 6) is 1.55. The zero-order chi connectivity index (χ0) is 20.8. The van der Waals surface area contributed by atoms with Crippen LogP contribution in [0.2, 0.25) is 0 Å². The summed E-state index contributed by atoms with van der Waals surface area (Å²) < 4.78 is 6.12. The molecule has 0 spiro atoms. The van der Waals surface area contributed by atoms with Crippen molar-refractivity contribution in [2.24, 2.45) is 5.92 Å². The van der Waals surface area contributed by atoms with Gasteiger partial charge < -0.3 is 4.74 Å². The predicted octanol–water partition coefficient (Wildman–Crippen LogP) is 3.10. The van der Waals surface area contributed by atoms with Crippen LogP contribution in [-0.4, -0.2) is 64.9 Å². The molecule has 30 heavy (non-hydrogen) atoms. The molecule has 2 saturated heterocycles. The SMILES string of the molecule is O=[N+]([O-])C1CCC(SCCOC2NONC2C2CCCCC2)CC1N1CCCCC1. The lowest BCUT2D eigenvalue weighted by atomic mass is 9.83. The summed E-state index contributed by atoms with van der Waals surface area (Å²) in [6, 6.07) is -0.0510. The fourth-order valence-electron chi connectivity index (χ4n) is 5.79. The van der Waals surface area contributed by atoms with E-state index in [0.717, 1.165) is 31.7 Å². The van der Waals surface area contributed by atoms with Gasteiger partial charge in [0.15, 0.2) is 0 Å². The fraction of sp³-hybridized carbons (Fsp3) is 1.00. The third kappa shape index (κ3) is 5.86. The van der Waals surface area contributed by atoms with Crippen molar-refractivity contribution in [2.45, 2.75) is 100 Å².